The molecule has 0 radical (unpaired) electrons. The fraction of sp³-hybridized carbons (Fsp3) is 0.412. The standard InChI is InChI=1S/C17H21N3O/c21-16(19-15-6-10-18-11-7-15)14-17(8-2-1-3-9-17)20-12-4-5-13-20/h4-7,10-13H,1-3,8-9,14H2,(H,18,19,21). The molecule has 3 rings (SSSR count). The molecule has 2 aromatic rings. The van der Waals surface area contributed by atoms with E-state index >= 15 is 0 Å². The lowest BCUT2D eigenvalue weighted by atomic mass is 9.78. The highest BCUT2D eigenvalue weighted by molar-refractivity contribution is 5.91. The van der Waals surface area contributed by atoms with E-state index in [-0.39, 0.29) is 11.4 Å². The third-order valence-corrected chi connectivity index (χ3v) is 4.39. The van der Waals surface area contributed by atoms with Crippen molar-refractivity contribution in [1.82, 2.24) is 9.55 Å². The summed E-state index contributed by atoms with van der Waals surface area (Å²) in [5.41, 5.74) is 0.757. The van der Waals surface area contributed by atoms with E-state index in [0.29, 0.717) is 6.42 Å². The fourth-order valence-corrected chi connectivity index (χ4v) is 3.33. The zero-order chi connectivity index (χ0) is 14.5. The van der Waals surface area contributed by atoms with Crippen LogP contribution in [0.4, 0.5) is 5.69 Å². The second-order valence-corrected chi connectivity index (χ2v) is 5.84. The van der Waals surface area contributed by atoms with E-state index < -0.39 is 0 Å². The zero-order valence-corrected chi connectivity index (χ0v) is 12.2. The molecule has 0 saturated heterocycles. The molecule has 21 heavy (non-hydrogen) atoms. The van der Waals surface area contributed by atoms with Crippen LogP contribution in [0.5, 0.6) is 0 Å². The molecule has 0 aliphatic heterocycles. The molecule has 1 fully saturated rings. The summed E-state index contributed by atoms with van der Waals surface area (Å²) in [5.74, 6) is 0.0804. The van der Waals surface area contributed by atoms with E-state index in [1.807, 2.05) is 24.3 Å². The van der Waals surface area contributed by atoms with E-state index in [4.69, 9.17) is 0 Å². The molecule has 1 saturated carbocycles. The third kappa shape index (κ3) is 3.15. The lowest BCUT2D eigenvalue weighted by molar-refractivity contribution is -0.118. The van der Waals surface area contributed by atoms with Gasteiger partial charge in [0, 0.05) is 30.5 Å². The van der Waals surface area contributed by atoms with Crippen LogP contribution in [-0.4, -0.2) is 15.5 Å². The van der Waals surface area contributed by atoms with Crippen molar-refractivity contribution in [2.45, 2.75) is 44.1 Å². The van der Waals surface area contributed by atoms with Crippen molar-refractivity contribution in [2.75, 3.05) is 5.32 Å². The number of nitrogens with zero attached hydrogens (tertiary/aromatic N) is 2. The van der Waals surface area contributed by atoms with E-state index in [1.165, 1.54) is 19.3 Å². The number of pyridine rings is 1. The van der Waals surface area contributed by atoms with Crippen LogP contribution in [0.25, 0.3) is 0 Å². The van der Waals surface area contributed by atoms with Gasteiger partial charge in [-0.3, -0.25) is 9.78 Å². The minimum Gasteiger partial charge on any atom is -0.348 e. The van der Waals surface area contributed by atoms with Gasteiger partial charge in [0.05, 0.1) is 12.0 Å². The molecule has 1 aliphatic carbocycles. The SMILES string of the molecule is O=C(CC1(n2cccc2)CCCCC1)Nc1ccncc1. The van der Waals surface area contributed by atoms with Crippen LogP contribution in [0.2, 0.25) is 0 Å². The molecule has 2 heterocycles. The molecule has 1 aliphatic rings. The van der Waals surface area contributed by atoms with Crippen molar-refractivity contribution in [2.24, 2.45) is 0 Å². The van der Waals surface area contributed by atoms with Crippen LogP contribution >= 0.6 is 0 Å². The largest absolute Gasteiger partial charge is 0.348 e. The van der Waals surface area contributed by atoms with Crippen LogP contribution in [0, 0.1) is 0 Å². The number of amides is 1. The number of carbonyl (C=O) groups is 1. The van der Waals surface area contributed by atoms with Gasteiger partial charge in [0.2, 0.25) is 5.91 Å². The molecule has 0 unspecified atom stereocenters. The van der Waals surface area contributed by atoms with E-state index in [0.717, 1.165) is 18.5 Å². The van der Waals surface area contributed by atoms with Gasteiger partial charge in [-0.2, -0.15) is 0 Å². The Hall–Kier alpha value is -2.10. The number of hydrogen-bond acceptors (Lipinski definition) is 2. The number of nitrogens with one attached hydrogen (secondary N) is 1. The van der Waals surface area contributed by atoms with E-state index in [9.17, 15) is 4.79 Å². The van der Waals surface area contributed by atoms with Crippen molar-refractivity contribution in [3.63, 3.8) is 0 Å². The number of anilines is 1. The number of rotatable bonds is 4. The number of carbonyl (C=O) groups excluding carboxylic acids is 1. The molecule has 110 valence electrons. The Morgan fingerprint density at radius 3 is 2.48 bits per heavy atom. The molecule has 0 aromatic carbocycles. The zero-order valence-electron chi connectivity index (χ0n) is 12.2. The van der Waals surface area contributed by atoms with Gasteiger partial charge in [-0.1, -0.05) is 19.3 Å². The van der Waals surface area contributed by atoms with Crippen molar-refractivity contribution >= 4 is 11.6 Å². The summed E-state index contributed by atoms with van der Waals surface area (Å²) in [7, 11) is 0. The normalized spacial score (nSPS) is 17.3. The first kappa shape index (κ1) is 13.9. The molecular weight excluding hydrogens is 262 g/mol. The maximum Gasteiger partial charge on any atom is 0.226 e. The molecule has 1 N–H and O–H groups in total. The fourth-order valence-electron chi connectivity index (χ4n) is 3.33. The van der Waals surface area contributed by atoms with Crippen LogP contribution in [0.1, 0.15) is 38.5 Å². The summed E-state index contributed by atoms with van der Waals surface area (Å²) >= 11 is 0. The Labute approximate surface area is 125 Å². The van der Waals surface area contributed by atoms with Crippen LogP contribution in [0.15, 0.2) is 49.1 Å². The monoisotopic (exact) mass is 283 g/mol. The molecular formula is C17H21N3O. The van der Waals surface area contributed by atoms with Gasteiger partial charge in [-0.15, -0.1) is 0 Å². The maximum absolute atomic E-state index is 12.4. The molecule has 4 heteroatoms. The van der Waals surface area contributed by atoms with Gasteiger partial charge in [-0.25, -0.2) is 0 Å². The quantitative estimate of drug-likeness (QED) is 0.932. The highest BCUT2D eigenvalue weighted by atomic mass is 16.1. The van der Waals surface area contributed by atoms with Crippen molar-refractivity contribution in [1.29, 1.82) is 0 Å². The molecule has 1 amide bonds. The van der Waals surface area contributed by atoms with Gasteiger partial charge in [0.1, 0.15) is 0 Å². The topological polar surface area (TPSA) is 46.9 Å². The summed E-state index contributed by atoms with van der Waals surface area (Å²) in [6.07, 6.45) is 13.9. The van der Waals surface area contributed by atoms with Gasteiger partial charge >= 0.3 is 0 Å². The second kappa shape index (κ2) is 6.12. The van der Waals surface area contributed by atoms with Gasteiger partial charge in [0.25, 0.3) is 0 Å². The van der Waals surface area contributed by atoms with Gasteiger partial charge < -0.3 is 9.88 Å². The Bertz CT molecular complexity index is 571. The average Bonchev–Trinajstić information content (AvgIpc) is 3.04. The van der Waals surface area contributed by atoms with E-state index in [1.54, 1.807) is 12.4 Å². The van der Waals surface area contributed by atoms with Crippen molar-refractivity contribution < 1.29 is 4.79 Å². The Balaban J connectivity index is 1.74. The van der Waals surface area contributed by atoms with Crippen LogP contribution in [0.3, 0.4) is 0 Å². The smallest absolute Gasteiger partial charge is 0.226 e. The average molecular weight is 283 g/mol. The van der Waals surface area contributed by atoms with Crippen molar-refractivity contribution in [3.05, 3.63) is 49.1 Å². The predicted molar refractivity (Wildman–Crippen MR) is 83.0 cm³/mol. The minimum absolute atomic E-state index is 0.0567. The highest BCUT2D eigenvalue weighted by Crippen LogP contribution is 2.38. The lowest BCUT2D eigenvalue weighted by Gasteiger charge is -2.38. The molecule has 0 spiro atoms. The summed E-state index contributed by atoms with van der Waals surface area (Å²) in [6.45, 7) is 0. The van der Waals surface area contributed by atoms with Gasteiger partial charge in [0.15, 0.2) is 0 Å². The van der Waals surface area contributed by atoms with E-state index in [2.05, 4.69) is 27.3 Å². The lowest BCUT2D eigenvalue weighted by Crippen LogP contribution is -2.38. The van der Waals surface area contributed by atoms with Gasteiger partial charge in [-0.05, 0) is 37.1 Å². The molecule has 0 atom stereocenters. The number of aromatic nitrogens is 2. The molecule has 2 aromatic heterocycles. The highest BCUT2D eigenvalue weighted by Gasteiger charge is 2.35. The third-order valence-electron chi connectivity index (χ3n) is 4.39. The van der Waals surface area contributed by atoms with Crippen LogP contribution in [-0.2, 0) is 10.3 Å². The number of hydrogen-bond donors (Lipinski definition) is 1. The molecule has 4 nitrogen and oxygen atoms in total. The minimum atomic E-state index is -0.0567. The first-order valence-electron chi connectivity index (χ1n) is 7.62. The first-order chi connectivity index (χ1) is 10.3. The summed E-state index contributed by atoms with van der Waals surface area (Å²) < 4.78 is 2.23. The maximum atomic E-state index is 12.4. The summed E-state index contributed by atoms with van der Waals surface area (Å²) in [6, 6.07) is 7.72. The first-order valence-corrected chi connectivity index (χ1v) is 7.62. The predicted octanol–water partition coefficient (Wildman–Crippen LogP) is 3.57. The Kier molecular flexibility index (Phi) is 4.04. The summed E-state index contributed by atoms with van der Waals surface area (Å²) in [5, 5.41) is 2.98. The molecule has 0 bridgehead atoms. The Morgan fingerprint density at radius 2 is 1.81 bits per heavy atom. The Morgan fingerprint density at radius 1 is 1.14 bits per heavy atom. The van der Waals surface area contributed by atoms with Crippen molar-refractivity contribution in [3.8, 4) is 0 Å². The second-order valence-electron chi connectivity index (χ2n) is 5.84. The van der Waals surface area contributed by atoms with Crippen LogP contribution < -0.4 is 5.32 Å². The summed E-state index contributed by atoms with van der Waals surface area (Å²) in [4.78, 5) is 16.4.